The Morgan fingerprint density at radius 2 is 1.85 bits per heavy atom. The molecule has 0 spiro atoms. The first-order valence-corrected chi connectivity index (χ1v) is 8.04. The summed E-state index contributed by atoms with van der Waals surface area (Å²) in [6, 6.07) is 3.53. The SMILES string of the molecule is Cc1cc(=O)[nH]c(C(Cc2cc(F)cc(F)c2)NC(=O)OC(C)(C)C)n1. The van der Waals surface area contributed by atoms with Crippen molar-refractivity contribution in [3.63, 3.8) is 0 Å². The molecule has 0 saturated heterocycles. The molecule has 6 nitrogen and oxygen atoms in total. The predicted octanol–water partition coefficient (Wildman–Crippen LogP) is 3.17. The summed E-state index contributed by atoms with van der Waals surface area (Å²) in [6.45, 7) is 6.74. The van der Waals surface area contributed by atoms with Crippen molar-refractivity contribution in [3.05, 3.63) is 63.3 Å². The number of benzene rings is 1. The number of aromatic nitrogens is 2. The van der Waals surface area contributed by atoms with Crippen LogP contribution in [0.4, 0.5) is 13.6 Å². The third kappa shape index (κ3) is 5.94. The van der Waals surface area contributed by atoms with Gasteiger partial charge in [0.15, 0.2) is 0 Å². The number of ether oxygens (including phenoxy) is 1. The average Bonchev–Trinajstić information content (AvgIpc) is 2.42. The summed E-state index contributed by atoms with van der Waals surface area (Å²) in [5, 5.41) is 2.59. The maximum absolute atomic E-state index is 13.5. The van der Waals surface area contributed by atoms with Crippen molar-refractivity contribution in [3.8, 4) is 0 Å². The van der Waals surface area contributed by atoms with Gasteiger partial charge in [-0.3, -0.25) is 4.79 Å². The molecule has 0 bridgehead atoms. The number of amides is 1. The predicted molar refractivity (Wildman–Crippen MR) is 91.8 cm³/mol. The number of nitrogens with zero attached hydrogens (tertiary/aromatic N) is 1. The Morgan fingerprint density at radius 1 is 1.23 bits per heavy atom. The van der Waals surface area contributed by atoms with Crippen LogP contribution in [0.15, 0.2) is 29.1 Å². The summed E-state index contributed by atoms with van der Waals surface area (Å²) in [5.41, 5.74) is -0.376. The molecule has 1 aromatic heterocycles. The Balaban J connectivity index is 2.34. The number of H-pyrrole nitrogens is 1. The molecule has 1 atom stereocenters. The molecule has 0 aliphatic rings. The van der Waals surface area contributed by atoms with Crippen LogP contribution in [0.3, 0.4) is 0 Å². The topological polar surface area (TPSA) is 84.1 Å². The number of halogens is 2. The van der Waals surface area contributed by atoms with Crippen LogP contribution in [-0.4, -0.2) is 21.7 Å². The minimum absolute atomic E-state index is 0.0142. The van der Waals surface area contributed by atoms with E-state index in [4.69, 9.17) is 4.74 Å². The molecule has 1 unspecified atom stereocenters. The van der Waals surface area contributed by atoms with E-state index in [9.17, 15) is 18.4 Å². The van der Waals surface area contributed by atoms with Crippen molar-refractivity contribution in [2.75, 3.05) is 0 Å². The van der Waals surface area contributed by atoms with Crippen molar-refractivity contribution >= 4 is 6.09 Å². The van der Waals surface area contributed by atoms with Gasteiger partial charge in [0, 0.05) is 24.2 Å². The van der Waals surface area contributed by atoms with E-state index >= 15 is 0 Å². The van der Waals surface area contributed by atoms with Crippen molar-refractivity contribution in [1.29, 1.82) is 0 Å². The fraction of sp³-hybridized carbons (Fsp3) is 0.389. The van der Waals surface area contributed by atoms with Crippen LogP contribution in [0.25, 0.3) is 0 Å². The number of hydrogen-bond donors (Lipinski definition) is 2. The highest BCUT2D eigenvalue weighted by atomic mass is 19.1. The third-order valence-electron chi connectivity index (χ3n) is 3.27. The van der Waals surface area contributed by atoms with Crippen LogP contribution < -0.4 is 10.9 Å². The van der Waals surface area contributed by atoms with Crippen LogP contribution in [0.1, 0.15) is 43.9 Å². The first-order chi connectivity index (χ1) is 12.0. The van der Waals surface area contributed by atoms with Gasteiger partial charge < -0.3 is 15.0 Å². The summed E-state index contributed by atoms with van der Waals surface area (Å²) in [6.07, 6.45) is -0.719. The lowest BCUT2D eigenvalue weighted by atomic mass is 10.0. The van der Waals surface area contributed by atoms with Crippen molar-refractivity contribution in [2.24, 2.45) is 0 Å². The van der Waals surface area contributed by atoms with Gasteiger partial charge >= 0.3 is 6.09 Å². The summed E-state index contributed by atoms with van der Waals surface area (Å²) in [5.74, 6) is -1.30. The molecule has 0 aliphatic carbocycles. The van der Waals surface area contributed by atoms with Crippen LogP contribution in [0, 0.1) is 18.6 Å². The molecule has 0 saturated carbocycles. The van der Waals surface area contributed by atoms with Gasteiger partial charge in [-0.2, -0.15) is 0 Å². The van der Waals surface area contributed by atoms with E-state index in [1.165, 1.54) is 6.07 Å². The summed E-state index contributed by atoms with van der Waals surface area (Å²) in [7, 11) is 0. The van der Waals surface area contributed by atoms with Crippen molar-refractivity contribution < 1.29 is 18.3 Å². The summed E-state index contributed by atoms with van der Waals surface area (Å²) in [4.78, 5) is 30.6. The van der Waals surface area contributed by atoms with Crippen LogP contribution in [-0.2, 0) is 11.2 Å². The second-order valence-electron chi connectivity index (χ2n) is 6.95. The zero-order chi connectivity index (χ0) is 19.5. The molecule has 8 heteroatoms. The highest BCUT2D eigenvalue weighted by molar-refractivity contribution is 5.68. The molecule has 1 aromatic carbocycles. The summed E-state index contributed by atoms with van der Waals surface area (Å²) < 4.78 is 32.2. The minimum Gasteiger partial charge on any atom is -0.444 e. The van der Waals surface area contributed by atoms with E-state index in [1.807, 2.05) is 0 Å². The Labute approximate surface area is 149 Å². The van der Waals surface area contributed by atoms with Crippen molar-refractivity contribution in [1.82, 2.24) is 15.3 Å². The Bertz CT molecular complexity index is 839. The number of alkyl carbamates (subject to hydrolysis) is 1. The number of aromatic amines is 1. The molecule has 2 N–H and O–H groups in total. The smallest absolute Gasteiger partial charge is 0.408 e. The molecule has 1 amide bonds. The lowest BCUT2D eigenvalue weighted by Crippen LogP contribution is -2.37. The first kappa shape index (κ1) is 19.6. The normalized spacial score (nSPS) is 12.5. The fourth-order valence-corrected chi connectivity index (χ4v) is 2.40. The largest absolute Gasteiger partial charge is 0.444 e. The summed E-state index contributed by atoms with van der Waals surface area (Å²) >= 11 is 0. The van der Waals surface area contributed by atoms with Gasteiger partial charge in [0.05, 0.1) is 6.04 Å². The molecular weight excluding hydrogens is 344 g/mol. The Morgan fingerprint density at radius 3 is 2.38 bits per heavy atom. The number of rotatable bonds is 4. The van der Waals surface area contributed by atoms with Crippen molar-refractivity contribution in [2.45, 2.75) is 45.8 Å². The Kier molecular flexibility index (Phi) is 5.74. The van der Waals surface area contributed by atoms with Gasteiger partial charge in [-0.1, -0.05) is 0 Å². The molecule has 0 fully saturated rings. The molecule has 2 rings (SSSR count). The lowest BCUT2D eigenvalue weighted by Gasteiger charge is -2.23. The quantitative estimate of drug-likeness (QED) is 0.872. The molecule has 26 heavy (non-hydrogen) atoms. The second kappa shape index (κ2) is 7.63. The van der Waals surface area contributed by atoms with E-state index < -0.39 is 34.9 Å². The van der Waals surface area contributed by atoms with Gasteiger partial charge in [0.25, 0.3) is 5.56 Å². The number of carbonyl (C=O) groups excluding carboxylic acids is 1. The third-order valence-corrected chi connectivity index (χ3v) is 3.27. The molecule has 140 valence electrons. The molecule has 0 aliphatic heterocycles. The zero-order valence-corrected chi connectivity index (χ0v) is 15.0. The molecule has 0 radical (unpaired) electrons. The van der Waals surface area contributed by atoms with Crippen LogP contribution in [0.5, 0.6) is 0 Å². The van der Waals surface area contributed by atoms with Gasteiger partial charge in [0.1, 0.15) is 23.1 Å². The molecule has 1 heterocycles. The lowest BCUT2D eigenvalue weighted by molar-refractivity contribution is 0.0501. The van der Waals surface area contributed by atoms with E-state index in [2.05, 4.69) is 15.3 Å². The average molecular weight is 365 g/mol. The van der Waals surface area contributed by atoms with Gasteiger partial charge in [-0.15, -0.1) is 0 Å². The maximum atomic E-state index is 13.5. The molecule has 2 aromatic rings. The minimum atomic E-state index is -0.835. The highest BCUT2D eigenvalue weighted by Crippen LogP contribution is 2.18. The van der Waals surface area contributed by atoms with E-state index in [0.29, 0.717) is 11.3 Å². The van der Waals surface area contributed by atoms with Gasteiger partial charge in [-0.25, -0.2) is 18.6 Å². The molecular formula is C18H21F2N3O3. The van der Waals surface area contributed by atoms with E-state index in [0.717, 1.165) is 18.2 Å². The van der Waals surface area contributed by atoms with Gasteiger partial charge in [-0.05, 0) is 45.4 Å². The highest BCUT2D eigenvalue weighted by Gasteiger charge is 2.23. The number of aryl methyl sites for hydroxylation is 1. The van der Waals surface area contributed by atoms with E-state index in [-0.39, 0.29) is 12.2 Å². The maximum Gasteiger partial charge on any atom is 0.408 e. The fourth-order valence-electron chi connectivity index (χ4n) is 2.40. The van der Waals surface area contributed by atoms with Crippen LogP contribution >= 0.6 is 0 Å². The first-order valence-electron chi connectivity index (χ1n) is 8.04. The van der Waals surface area contributed by atoms with Gasteiger partial charge in [0.2, 0.25) is 0 Å². The number of nitrogens with one attached hydrogen (secondary N) is 2. The monoisotopic (exact) mass is 365 g/mol. The Hall–Kier alpha value is -2.77. The van der Waals surface area contributed by atoms with Crippen LogP contribution in [0.2, 0.25) is 0 Å². The number of carbonyl (C=O) groups is 1. The zero-order valence-electron chi connectivity index (χ0n) is 15.0. The standard InChI is InChI=1S/C18H21F2N3O3/c1-10-5-15(24)23-16(21-10)14(22-17(25)26-18(2,3)4)8-11-6-12(19)9-13(20)7-11/h5-7,9,14H,8H2,1-4H3,(H,22,25)(H,21,23,24). The second-order valence-corrected chi connectivity index (χ2v) is 6.95. The number of hydrogen-bond acceptors (Lipinski definition) is 4. The van der Waals surface area contributed by atoms with E-state index in [1.54, 1.807) is 27.7 Å².